The van der Waals surface area contributed by atoms with Crippen LogP contribution in [0, 0.1) is 0 Å². The number of aryl methyl sites for hydroxylation is 1. The number of rotatable bonds is 8. The summed E-state index contributed by atoms with van der Waals surface area (Å²) in [6, 6.07) is 6.39. The summed E-state index contributed by atoms with van der Waals surface area (Å²) >= 11 is 5.12. The van der Waals surface area contributed by atoms with Crippen molar-refractivity contribution in [3.8, 4) is 0 Å². The predicted octanol–water partition coefficient (Wildman–Crippen LogP) is 0.998. The Labute approximate surface area is 187 Å². The fourth-order valence-corrected chi connectivity index (χ4v) is 4.55. The molecule has 2 aromatic rings. The lowest BCUT2D eigenvalue weighted by atomic mass is 10.2. The Morgan fingerprint density at radius 2 is 1.97 bits per heavy atom. The van der Waals surface area contributed by atoms with Crippen LogP contribution in [-0.4, -0.2) is 66.1 Å². The van der Waals surface area contributed by atoms with Crippen molar-refractivity contribution in [3.05, 3.63) is 54.6 Å². The maximum Gasteiger partial charge on any atom is 0.250 e. The Hall–Kier alpha value is -2.60. The molecule has 0 saturated carbocycles. The highest BCUT2D eigenvalue weighted by molar-refractivity contribution is 7.89. The zero-order chi connectivity index (χ0) is 22.1. The minimum absolute atomic E-state index is 0.220. The van der Waals surface area contributed by atoms with Crippen LogP contribution < -0.4 is 10.6 Å². The topological polar surface area (TPSA) is 106 Å². The largest absolute Gasteiger partial charge is 0.379 e. The van der Waals surface area contributed by atoms with E-state index in [2.05, 4.69) is 15.6 Å². The first kappa shape index (κ1) is 23.1. The van der Waals surface area contributed by atoms with Gasteiger partial charge in [0.05, 0.1) is 24.4 Å². The zero-order valence-corrected chi connectivity index (χ0v) is 18.6. The molecule has 9 nitrogen and oxygen atoms in total. The minimum atomic E-state index is -3.53. The Morgan fingerprint density at radius 3 is 2.65 bits per heavy atom. The van der Waals surface area contributed by atoms with Gasteiger partial charge in [0.2, 0.25) is 15.9 Å². The summed E-state index contributed by atoms with van der Waals surface area (Å²) in [5, 5.41) is 5.82. The quantitative estimate of drug-likeness (QED) is 0.342. The minimum Gasteiger partial charge on any atom is -0.379 e. The van der Waals surface area contributed by atoms with E-state index in [1.54, 1.807) is 30.7 Å². The van der Waals surface area contributed by atoms with E-state index < -0.39 is 10.0 Å². The summed E-state index contributed by atoms with van der Waals surface area (Å²) in [5.41, 5.74) is 0.704. The highest BCUT2D eigenvalue weighted by Gasteiger charge is 2.25. The van der Waals surface area contributed by atoms with Crippen LogP contribution in [0.25, 0.3) is 6.08 Å². The molecule has 0 bridgehead atoms. The van der Waals surface area contributed by atoms with Gasteiger partial charge in [0, 0.05) is 44.6 Å². The van der Waals surface area contributed by atoms with Crippen LogP contribution >= 0.6 is 12.2 Å². The maximum absolute atomic E-state index is 12.6. The molecular formula is C20H25N5O4S2. The summed E-state index contributed by atoms with van der Waals surface area (Å²) in [5.74, 6) is -0.364. The SMILES string of the molecule is O=C(/C=C/c1ccc(S(=O)(=O)N2CCOCC2)cc1)NC(=S)NCCCn1ccnc1. The molecule has 2 N–H and O–H groups in total. The number of amides is 1. The highest BCUT2D eigenvalue weighted by atomic mass is 32.2. The van der Waals surface area contributed by atoms with Gasteiger partial charge in [-0.2, -0.15) is 4.31 Å². The number of hydrogen-bond acceptors (Lipinski definition) is 6. The van der Waals surface area contributed by atoms with E-state index in [9.17, 15) is 13.2 Å². The van der Waals surface area contributed by atoms with Crippen LogP contribution in [-0.2, 0) is 26.1 Å². The maximum atomic E-state index is 12.6. The van der Waals surface area contributed by atoms with Crippen molar-refractivity contribution in [1.82, 2.24) is 24.5 Å². The molecule has 0 unspecified atom stereocenters. The number of benzene rings is 1. The lowest BCUT2D eigenvalue weighted by Crippen LogP contribution is -2.40. The van der Waals surface area contributed by atoms with E-state index in [0.29, 0.717) is 38.4 Å². The Morgan fingerprint density at radius 1 is 1.23 bits per heavy atom. The predicted molar refractivity (Wildman–Crippen MR) is 121 cm³/mol. The van der Waals surface area contributed by atoms with Gasteiger partial charge in [0.15, 0.2) is 5.11 Å². The van der Waals surface area contributed by atoms with E-state index in [-0.39, 0.29) is 15.9 Å². The van der Waals surface area contributed by atoms with Gasteiger partial charge in [-0.05, 0) is 42.4 Å². The first-order valence-electron chi connectivity index (χ1n) is 9.86. The molecule has 3 rings (SSSR count). The average Bonchev–Trinajstić information content (AvgIpc) is 3.30. The summed E-state index contributed by atoms with van der Waals surface area (Å²) in [4.78, 5) is 16.2. The van der Waals surface area contributed by atoms with Crippen LogP contribution in [0.5, 0.6) is 0 Å². The lowest BCUT2D eigenvalue weighted by Gasteiger charge is -2.26. The van der Waals surface area contributed by atoms with E-state index in [1.165, 1.54) is 22.5 Å². The normalized spacial score (nSPS) is 15.1. The van der Waals surface area contributed by atoms with Gasteiger partial charge in [-0.3, -0.25) is 10.1 Å². The second-order valence-electron chi connectivity index (χ2n) is 6.82. The van der Waals surface area contributed by atoms with Crippen molar-refractivity contribution in [2.24, 2.45) is 0 Å². The zero-order valence-electron chi connectivity index (χ0n) is 16.9. The number of carbonyl (C=O) groups excluding carboxylic acids is 1. The fraction of sp³-hybridized carbons (Fsp3) is 0.350. The van der Waals surface area contributed by atoms with Gasteiger partial charge in [-0.15, -0.1) is 0 Å². The Bertz CT molecular complexity index is 999. The van der Waals surface area contributed by atoms with Crippen LogP contribution in [0.3, 0.4) is 0 Å². The number of morpholine rings is 1. The number of aromatic nitrogens is 2. The molecule has 1 aliphatic heterocycles. The van der Waals surface area contributed by atoms with Crippen molar-refractivity contribution in [3.63, 3.8) is 0 Å². The standard InChI is InChI=1S/C20H25N5O4S2/c26-19(23-20(30)22-8-1-10-24-11-9-21-16-24)7-4-17-2-5-18(6-3-17)31(27,28)25-12-14-29-15-13-25/h2-7,9,11,16H,1,8,10,12-15H2,(H2,22,23,26,30)/b7-4+. The number of carbonyl (C=O) groups is 1. The monoisotopic (exact) mass is 463 g/mol. The molecule has 31 heavy (non-hydrogen) atoms. The van der Waals surface area contributed by atoms with Gasteiger partial charge < -0.3 is 14.6 Å². The number of sulfonamides is 1. The van der Waals surface area contributed by atoms with E-state index in [1.807, 2.05) is 10.8 Å². The van der Waals surface area contributed by atoms with Gasteiger partial charge in [0.25, 0.3) is 0 Å². The summed E-state index contributed by atoms with van der Waals surface area (Å²) in [6.45, 7) is 2.93. The number of nitrogens with one attached hydrogen (secondary N) is 2. The highest BCUT2D eigenvalue weighted by Crippen LogP contribution is 2.18. The first-order valence-corrected chi connectivity index (χ1v) is 11.7. The van der Waals surface area contributed by atoms with E-state index in [4.69, 9.17) is 17.0 Å². The number of imidazole rings is 1. The third-order valence-corrected chi connectivity index (χ3v) is 6.75. The molecule has 1 aliphatic rings. The van der Waals surface area contributed by atoms with Crippen LogP contribution in [0.4, 0.5) is 0 Å². The molecular weight excluding hydrogens is 438 g/mol. The molecule has 0 atom stereocenters. The van der Waals surface area contributed by atoms with Gasteiger partial charge in [-0.1, -0.05) is 12.1 Å². The molecule has 0 radical (unpaired) electrons. The van der Waals surface area contributed by atoms with Crippen molar-refractivity contribution < 1.29 is 17.9 Å². The number of thiocarbonyl (C=S) groups is 1. The van der Waals surface area contributed by atoms with Crippen molar-refractivity contribution in [2.75, 3.05) is 32.8 Å². The second-order valence-corrected chi connectivity index (χ2v) is 9.16. The average molecular weight is 464 g/mol. The smallest absolute Gasteiger partial charge is 0.250 e. The van der Waals surface area contributed by atoms with Gasteiger partial charge >= 0.3 is 0 Å². The van der Waals surface area contributed by atoms with E-state index in [0.717, 1.165) is 13.0 Å². The summed E-state index contributed by atoms with van der Waals surface area (Å²) in [6.07, 6.45) is 9.14. The van der Waals surface area contributed by atoms with Crippen LogP contribution in [0.1, 0.15) is 12.0 Å². The fourth-order valence-electron chi connectivity index (χ4n) is 2.94. The molecule has 1 aromatic carbocycles. The van der Waals surface area contributed by atoms with Crippen molar-refractivity contribution in [1.29, 1.82) is 0 Å². The molecule has 1 aromatic heterocycles. The summed E-state index contributed by atoms with van der Waals surface area (Å²) in [7, 11) is -3.53. The summed E-state index contributed by atoms with van der Waals surface area (Å²) < 4.78 is 33.8. The van der Waals surface area contributed by atoms with Gasteiger partial charge in [-0.25, -0.2) is 13.4 Å². The molecule has 1 amide bonds. The number of nitrogens with zero attached hydrogens (tertiary/aromatic N) is 3. The molecule has 1 fully saturated rings. The molecule has 0 spiro atoms. The van der Waals surface area contributed by atoms with Crippen LogP contribution in [0.15, 0.2) is 54.0 Å². The Balaban J connectivity index is 1.44. The third-order valence-electron chi connectivity index (χ3n) is 4.59. The van der Waals surface area contributed by atoms with Gasteiger partial charge in [0.1, 0.15) is 0 Å². The Kier molecular flexibility index (Phi) is 8.29. The molecule has 166 valence electrons. The molecule has 11 heteroatoms. The van der Waals surface area contributed by atoms with Crippen molar-refractivity contribution >= 4 is 39.3 Å². The molecule has 2 heterocycles. The van der Waals surface area contributed by atoms with Crippen LogP contribution in [0.2, 0.25) is 0 Å². The third kappa shape index (κ3) is 6.96. The second kappa shape index (κ2) is 11.1. The van der Waals surface area contributed by atoms with Crippen molar-refractivity contribution in [2.45, 2.75) is 17.9 Å². The lowest BCUT2D eigenvalue weighted by molar-refractivity contribution is -0.115. The van der Waals surface area contributed by atoms with E-state index >= 15 is 0 Å². The molecule has 1 saturated heterocycles. The number of ether oxygens (including phenoxy) is 1. The molecule has 0 aliphatic carbocycles. The first-order chi connectivity index (χ1) is 14.9. The number of hydrogen-bond donors (Lipinski definition) is 2.